The Morgan fingerprint density at radius 2 is 2.10 bits per heavy atom. The highest BCUT2D eigenvalue weighted by atomic mass is 15.2. The average Bonchev–Trinajstić information content (AvgIpc) is 2.85. The molecule has 1 aliphatic rings. The minimum atomic E-state index is 0.114. The molecule has 2 heterocycles. The highest BCUT2D eigenvalue weighted by Crippen LogP contribution is 2.24. The Morgan fingerprint density at radius 3 is 2.70 bits per heavy atom. The largest absolute Gasteiger partial charge is 0.355 e. The van der Waals surface area contributed by atoms with E-state index >= 15 is 0 Å². The maximum Gasteiger partial charge on any atom is 0.147 e. The van der Waals surface area contributed by atoms with Crippen LogP contribution in [0.5, 0.6) is 0 Å². The fourth-order valence-corrected chi connectivity index (χ4v) is 2.64. The lowest BCUT2D eigenvalue weighted by atomic mass is 10.0. The molecule has 1 aromatic rings. The van der Waals surface area contributed by atoms with Crippen LogP contribution in [-0.4, -0.2) is 28.6 Å². The number of hydrogen-bond donors (Lipinski definition) is 1. The minimum absolute atomic E-state index is 0.114. The third kappa shape index (κ3) is 4.44. The van der Waals surface area contributed by atoms with Crippen LogP contribution >= 0.6 is 0 Å². The monoisotopic (exact) mass is 276 g/mol. The summed E-state index contributed by atoms with van der Waals surface area (Å²) in [6.07, 6.45) is 7.73. The van der Waals surface area contributed by atoms with E-state index in [1.807, 2.05) is 12.4 Å². The Hall–Kier alpha value is -1.16. The molecule has 0 bridgehead atoms. The second-order valence-corrected chi connectivity index (χ2v) is 6.86. The summed E-state index contributed by atoms with van der Waals surface area (Å²) in [5.74, 6) is 1.87. The van der Waals surface area contributed by atoms with Gasteiger partial charge in [-0.25, -0.2) is 4.98 Å². The third-order valence-electron chi connectivity index (χ3n) is 3.80. The summed E-state index contributed by atoms with van der Waals surface area (Å²) in [6, 6.07) is 0. The van der Waals surface area contributed by atoms with Crippen LogP contribution in [0.2, 0.25) is 0 Å². The molecule has 0 saturated carbocycles. The first-order valence-corrected chi connectivity index (χ1v) is 7.79. The summed E-state index contributed by atoms with van der Waals surface area (Å²) < 4.78 is 0. The maximum absolute atomic E-state index is 4.58. The smallest absolute Gasteiger partial charge is 0.147 e. The van der Waals surface area contributed by atoms with E-state index in [2.05, 4.69) is 47.9 Å². The van der Waals surface area contributed by atoms with Crippen molar-refractivity contribution < 1.29 is 0 Å². The van der Waals surface area contributed by atoms with Crippen molar-refractivity contribution in [3.63, 3.8) is 0 Å². The van der Waals surface area contributed by atoms with E-state index in [-0.39, 0.29) is 5.54 Å². The van der Waals surface area contributed by atoms with Crippen LogP contribution in [0.1, 0.15) is 52.7 Å². The zero-order chi connectivity index (χ0) is 14.6. The summed E-state index contributed by atoms with van der Waals surface area (Å²) in [7, 11) is 0. The van der Waals surface area contributed by atoms with Gasteiger partial charge >= 0.3 is 0 Å². The van der Waals surface area contributed by atoms with Gasteiger partial charge in [0, 0.05) is 25.2 Å². The third-order valence-corrected chi connectivity index (χ3v) is 3.80. The summed E-state index contributed by atoms with van der Waals surface area (Å²) in [5, 5.41) is 3.43. The van der Waals surface area contributed by atoms with Crippen LogP contribution in [0.25, 0.3) is 0 Å². The molecule has 1 fully saturated rings. The first kappa shape index (κ1) is 15.2. The summed E-state index contributed by atoms with van der Waals surface area (Å²) in [4.78, 5) is 11.5. The van der Waals surface area contributed by atoms with Crippen LogP contribution < -0.4 is 10.2 Å². The molecular formula is C16H28N4. The first-order valence-electron chi connectivity index (χ1n) is 7.79. The molecule has 0 radical (unpaired) electrons. The van der Waals surface area contributed by atoms with Gasteiger partial charge < -0.3 is 10.2 Å². The summed E-state index contributed by atoms with van der Waals surface area (Å²) >= 11 is 0. The van der Waals surface area contributed by atoms with Crippen molar-refractivity contribution in [3.8, 4) is 0 Å². The van der Waals surface area contributed by atoms with Crippen LogP contribution in [0, 0.1) is 5.92 Å². The number of nitrogens with zero attached hydrogens (tertiary/aromatic N) is 3. The zero-order valence-electron chi connectivity index (χ0n) is 13.3. The average molecular weight is 276 g/mol. The van der Waals surface area contributed by atoms with Gasteiger partial charge in [-0.15, -0.1) is 0 Å². The normalized spacial score (nSPS) is 19.6. The quantitative estimate of drug-likeness (QED) is 0.897. The Balaban J connectivity index is 1.89. The summed E-state index contributed by atoms with van der Waals surface area (Å²) in [5.41, 5.74) is 1.12. The molecular weight excluding hydrogens is 248 g/mol. The Bertz CT molecular complexity index is 407. The fourth-order valence-electron chi connectivity index (χ4n) is 2.64. The molecule has 4 nitrogen and oxygen atoms in total. The van der Waals surface area contributed by atoms with Crippen LogP contribution in [0.15, 0.2) is 12.4 Å². The Kier molecular flexibility index (Phi) is 4.97. The molecule has 1 saturated heterocycles. The van der Waals surface area contributed by atoms with Crippen LogP contribution in [0.4, 0.5) is 5.82 Å². The van der Waals surface area contributed by atoms with Gasteiger partial charge in [-0.05, 0) is 39.5 Å². The van der Waals surface area contributed by atoms with Crippen molar-refractivity contribution in [2.45, 2.75) is 59.0 Å². The Labute approximate surface area is 123 Å². The lowest BCUT2D eigenvalue weighted by molar-refractivity contribution is 0.421. The first-order chi connectivity index (χ1) is 9.48. The number of rotatable bonds is 5. The van der Waals surface area contributed by atoms with Gasteiger partial charge in [0.25, 0.3) is 0 Å². The van der Waals surface area contributed by atoms with Crippen LogP contribution in [0.3, 0.4) is 0 Å². The zero-order valence-corrected chi connectivity index (χ0v) is 13.3. The molecule has 0 aromatic carbocycles. The molecule has 2 rings (SSSR count). The molecule has 0 spiro atoms. The highest BCUT2D eigenvalue weighted by Gasteiger charge is 2.22. The summed E-state index contributed by atoms with van der Waals surface area (Å²) in [6.45, 7) is 11.8. The molecule has 4 heteroatoms. The van der Waals surface area contributed by atoms with Gasteiger partial charge in [-0.1, -0.05) is 13.3 Å². The Morgan fingerprint density at radius 1 is 1.30 bits per heavy atom. The fraction of sp³-hybridized carbons (Fsp3) is 0.750. The van der Waals surface area contributed by atoms with Crippen molar-refractivity contribution in [3.05, 3.63) is 18.1 Å². The van der Waals surface area contributed by atoms with E-state index < -0.39 is 0 Å². The van der Waals surface area contributed by atoms with Crippen molar-refractivity contribution in [1.82, 2.24) is 15.3 Å². The number of hydrogen-bond acceptors (Lipinski definition) is 4. The van der Waals surface area contributed by atoms with Crippen molar-refractivity contribution in [2.75, 3.05) is 18.0 Å². The molecule has 1 N–H and O–H groups in total. The molecule has 0 amide bonds. The van der Waals surface area contributed by atoms with Crippen LogP contribution in [-0.2, 0) is 6.54 Å². The molecule has 112 valence electrons. The molecule has 1 aromatic heterocycles. The van der Waals surface area contributed by atoms with Gasteiger partial charge in [0.2, 0.25) is 0 Å². The second kappa shape index (κ2) is 6.53. The van der Waals surface area contributed by atoms with E-state index in [4.69, 9.17) is 0 Å². The van der Waals surface area contributed by atoms with Gasteiger partial charge in [-0.2, -0.15) is 0 Å². The van der Waals surface area contributed by atoms with Gasteiger partial charge in [-0.3, -0.25) is 4.98 Å². The van der Waals surface area contributed by atoms with Crippen molar-refractivity contribution in [2.24, 2.45) is 5.92 Å². The van der Waals surface area contributed by atoms with Gasteiger partial charge in [0.05, 0.1) is 18.1 Å². The van der Waals surface area contributed by atoms with E-state index in [1.54, 1.807) is 0 Å². The predicted molar refractivity (Wildman–Crippen MR) is 83.9 cm³/mol. The molecule has 1 aliphatic heterocycles. The standard InChI is InChI=1S/C16H28N4/c1-5-6-13-7-8-20(12-13)15-11-17-14(9-18-15)10-19-16(2,3)4/h9,11,13,19H,5-8,10,12H2,1-4H3. The molecule has 1 atom stereocenters. The maximum atomic E-state index is 4.58. The molecule has 1 unspecified atom stereocenters. The van der Waals surface area contributed by atoms with E-state index in [9.17, 15) is 0 Å². The van der Waals surface area contributed by atoms with Crippen molar-refractivity contribution >= 4 is 5.82 Å². The molecule has 0 aliphatic carbocycles. The topological polar surface area (TPSA) is 41.1 Å². The van der Waals surface area contributed by atoms with E-state index in [1.165, 1.54) is 19.3 Å². The van der Waals surface area contributed by atoms with E-state index in [0.29, 0.717) is 0 Å². The number of nitrogens with one attached hydrogen (secondary N) is 1. The second-order valence-electron chi connectivity index (χ2n) is 6.86. The lowest BCUT2D eigenvalue weighted by Gasteiger charge is -2.20. The lowest BCUT2D eigenvalue weighted by Crippen LogP contribution is -2.35. The SMILES string of the molecule is CCCC1CCN(c2cnc(CNC(C)(C)C)cn2)C1. The van der Waals surface area contributed by atoms with E-state index in [0.717, 1.165) is 37.1 Å². The minimum Gasteiger partial charge on any atom is -0.355 e. The van der Waals surface area contributed by atoms with Gasteiger partial charge in [0.1, 0.15) is 5.82 Å². The number of anilines is 1. The number of aromatic nitrogens is 2. The predicted octanol–water partition coefficient (Wildman–Crippen LogP) is 2.99. The van der Waals surface area contributed by atoms with Gasteiger partial charge in [0.15, 0.2) is 0 Å². The molecule has 20 heavy (non-hydrogen) atoms. The highest BCUT2D eigenvalue weighted by molar-refractivity contribution is 5.37. The van der Waals surface area contributed by atoms with Crippen molar-refractivity contribution in [1.29, 1.82) is 0 Å².